The van der Waals surface area contributed by atoms with Crippen LogP contribution in [-0.2, 0) is 9.53 Å². The fourth-order valence-electron chi connectivity index (χ4n) is 1.81. The van der Waals surface area contributed by atoms with Gasteiger partial charge in [-0.25, -0.2) is 4.79 Å². The molecular weight excluding hydrogens is 307 g/mol. The van der Waals surface area contributed by atoms with Crippen molar-refractivity contribution < 1.29 is 37.0 Å². The minimum absolute atomic E-state index is 0.0675. The van der Waals surface area contributed by atoms with E-state index in [2.05, 4.69) is 4.74 Å². The fraction of sp³-hybridized carbons (Fsp3) is 0.385. The van der Waals surface area contributed by atoms with Gasteiger partial charge < -0.3 is 19.5 Å². The van der Waals surface area contributed by atoms with Gasteiger partial charge in [-0.3, -0.25) is 4.79 Å². The van der Waals surface area contributed by atoms with Crippen LogP contribution >= 0.6 is 0 Å². The van der Waals surface area contributed by atoms with Crippen molar-refractivity contribution in [1.29, 1.82) is 0 Å². The summed E-state index contributed by atoms with van der Waals surface area (Å²) in [6.07, 6.45) is -4.50. The molecule has 1 aliphatic rings. The minimum Gasteiger partial charge on any atom is -0.489 e. The van der Waals surface area contributed by atoms with Crippen molar-refractivity contribution >= 4 is 17.6 Å². The summed E-state index contributed by atoms with van der Waals surface area (Å²) in [5, 5.41) is 1.66. The zero-order chi connectivity index (χ0) is 16.3. The van der Waals surface area contributed by atoms with Crippen molar-refractivity contribution in [3.8, 4) is 11.5 Å². The predicted molar refractivity (Wildman–Crippen MR) is 68.1 cm³/mol. The van der Waals surface area contributed by atoms with E-state index in [0.29, 0.717) is 6.42 Å². The highest BCUT2D eigenvalue weighted by Gasteiger charge is 2.39. The van der Waals surface area contributed by atoms with Crippen LogP contribution in [0, 0.1) is 0 Å². The van der Waals surface area contributed by atoms with Gasteiger partial charge >= 0.3 is 18.1 Å². The van der Waals surface area contributed by atoms with Gasteiger partial charge in [-0.2, -0.15) is 13.2 Å². The predicted octanol–water partition coefficient (Wildman–Crippen LogP) is 2.14. The molecule has 0 radical (unpaired) electrons. The van der Waals surface area contributed by atoms with Crippen LogP contribution in [0.1, 0.15) is 16.8 Å². The molecule has 0 unspecified atom stereocenters. The van der Waals surface area contributed by atoms with E-state index >= 15 is 0 Å². The number of carbonyl (C=O) groups excluding carboxylic acids is 2. The van der Waals surface area contributed by atoms with E-state index in [1.54, 1.807) is 5.32 Å². The third-order valence-electron chi connectivity index (χ3n) is 2.77. The molecule has 0 bridgehead atoms. The molecule has 1 aromatic rings. The lowest BCUT2D eigenvalue weighted by atomic mass is 10.1. The first-order valence-electron chi connectivity index (χ1n) is 6.23. The Kier molecular flexibility index (Phi) is 4.43. The third-order valence-corrected chi connectivity index (χ3v) is 2.77. The lowest BCUT2D eigenvalue weighted by molar-refractivity contribution is -0.167. The molecule has 6 nitrogen and oxygen atoms in total. The van der Waals surface area contributed by atoms with Gasteiger partial charge in [0, 0.05) is 18.2 Å². The Balaban J connectivity index is 2.42. The molecule has 0 fully saturated rings. The summed E-state index contributed by atoms with van der Waals surface area (Å²) in [6, 6.07) is 2.21. The minimum atomic E-state index is -5.05. The van der Waals surface area contributed by atoms with Crippen LogP contribution in [0.4, 0.5) is 18.9 Å². The molecule has 1 aromatic carbocycles. The molecule has 120 valence electrons. The normalized spacial score (nSPS) is 14.0. The van der Waals surface area contributed by atoms with Crippen molar-refractivity contribution in [3.05, 3.63) is 17.7 Å². The quantitative estimate of drug-likeness (QED) is 0.845. The summed E-state index contributed by atoms with van der Waals surface area (Å²) in [5.74, 6) is -2.82. The molecule has 22 heavy (non-hydrogen) atoms. The highest BCUT2D eigenvalue weighted by Crippen LogP contribution is 2.37. The monoisotopic (exact) mass is 319 g/mol. The highest BCUT2D eigenvalue weighted by molar-refractivity contribution is 5.99. The Morgan fingerprint density at radius 2 is 1.91 bits per heavy atom. The topological polar surface area (TPSA) is 73.9 Å². The van der Waals surface area contributed by atoms with E-state index in [-0.39, 0.29) is 36.0 Å². The molecule has 0 saturated heterocycles. The summed E-state index contributed by atoms with van der Waals surface area (Å²) in [6.45, 7) is 0.551. The third kappa shape index (κ3) is 3.41. The molecule has 1 heterocycles. The summed E-state index contributed by atoms with van der Waals surface area (Å²) in [7, 11) is 1.12. The second kappa shape index (κ2) is 6.12. The number of benzene rings is 1. The van der Waals surface area contributed by atoms with Gasteiger partial charge in [-0.05, 0) is 6.07 Å². The zero-order valence-electron chi connectivity index (χ0n) is 11.5. The average molecular weight is 319 g/mol. The summed E-state index contributed by atoms with van der Waals surface area (Å²) >= 11 is 0. The number of rotatable bonds is 2. The van der Waals surface area contributed by atoms with E-state index in [9.17, 15) is 22.8 Å². The number of alkyl halides is 3. The standard InChI is InChI=1S/C13H12F3NO5/c1-20-11(18)8-5-7(17-12(19)13(14,15)16)6-9-10(8)22-4-2-3-21-9/h5-6H,2-4H2,1H3,(H,17,19). The van der Waals surface area contributed by atoms with Crippen LogP contribution in [0.5, 0.6) is 11.5 Å². The van der Waals surface area contributed by atoms with Crippen LogP contribution in [0.3, 0.4) is 0 Å². The number of nitrogens with one attached hydrogen (secondary N) is 1. The fourth-order valence-corrected chi connectivity index (χ4v) is 1.81. The van der Waals surface area contributed by atoms with Gasteiger partial charge in [0.05, 0.1) is 20.3 Å². The lowest BCUT2D eigenvalue weighted by Gasteiger charge is -2.14. The largest absolute Gasteiger partial charge is 0.489 e. The maximum absolute atomic E-state index is 12.3. The number of amides is 1. The van der Waals surface area contributed by atoms with Crippen LogP contribution in [0.25, 0.3) is 0 Å². The summed E-state index contributed by atoms with van der Waals surface area (Å²) < 4.78 is 52.2. The van der Waals surface area contributed by atoms with Crippen molar-refractivity contribution in [2.24, 2.45) is 0 Å². The first-order chi connectivity index (χ1) is 10.3. The number of halogens is 3. The van der Waals surface area contributed by atoms with Gasteiger partial charge in [-0.15, -0.1) is 0 Å². The number of carbonyl (C=O) groups is 2. The van der Waals surface area contributed by atoms with Crippen LogP contribution < -0.4 is 14.8 Å². The van der Waals surface area contributed by atoms with Crippen LogP contribution in [0.2, 0.25) is 0 Å². The molecule has 0 spiro atoms. The van der Waals surface area contributed by atoms with Gasteiger partial charge in [0.25, 0.3) is 0 Å². The van der Waals surface area contributed by atoms with Gasteiger partial charge in [0.1, 0.15) is 5.56 Å². The van der Waals surface area contributed by atoms with Crippen molar-refractivity contribution in [1.82, 2.24) is 0 Å². The van der Waals surface area contributed by atoms with Gasteiger partial charge in [-0.1, -0.05) is 0 Å². The molecule has 1 amide bonds. The van der Waals surface area contributed by atoms with E-state index in [0.717, 1.165) is 19.2 Å². The Morgan fingerprint density at radius 3 is 2.55 bits per heavy atom. The number of methoxy groups -OCH3 is 1. The van der Waals surface area contributed by atoms with E-state index in [4.69, 9.17) is 9.47 Å². The van der Waals surface area contributed by atoms with Gasteiger partial charge in [0.2, 0.25) is 0 Å². The molecule has 0 saturated carbocycles. The molecule has 2 rings (SSSR count). The number of hydrogen-bond donors (Lipinski definition) is 1. The first-order valence-corrected chi connectivity index (χ1v) is 6.23. The molecule has 0 atom stereocenters. The average Bonchev–Trinajstić information content (AvgIpc) is 2.69. The Morgan fingerprint density at radius 1 is 1.23 bits per heavy atom. The number of ether oxygens (including phenoxy) is 3. The first kappa shape index (κ1) is 15.9. The summed E-state index contributed by atoms with van der Waals surface area (Å²) in [5.41, 5.74) is -0.369. The van der Waals surface area contributed by atoms with Crippen molar-refractivity contribution in [2.45, 2.75) is 12.6 Å². The molecule has 1 N–H and O–H groups in total. The highest BCUT2D eigenvalue weighted by atomic mass is 19.4. The van der Waals surface area contributed by atoms with Gasteiger partial charge in [0.15, 0.2) is 11.5 Å². The van der Waals surface area contributed by atoms with E-state index in [1.807, 2.05) is 0 Å². The number of hydrogen-bond acceptors (Lipinski definition) is 5. The Hall–Kier alpha value is -2.45. The zero-order valence-corrected chi connectivity index (χ0v) is 11.5. The Bertz CT molecular complexity index is 600. The maximum atomic E-state index is 12.3. The number of anilines is 1. The van der Waals surface area contributed by atoms with E-state index in [1.165, 1.54) is 0 Å². The second-order valence-electron chi connectivity index (χ2n) is 4.35. The molecule has 9 heteroatoms. The maximum Gasteiger partial charge on any atom is 0.471 e. The van der Waals surface area contributed by atoms with Crippen molar-refractivity contribution in [3.63, 3.8) is 0 Å². The second-order valence-corrected chi connectivity index (χ2v) is 4.35. The smallest absolute Gasteiger partial charge is 0.471 e. The summed E-state index contributed by atoms with van der Waals surface area (Å²) in [4.78, 5) is 22.7. The van der Waals surface area contributed by atoms with Crippen LogP contribution in [0.15, 0.2) is 12.1 Å². The van der Waals surface area contributed by atoms with E-state index < -0.39 is 18.1 Å². The van der Waals surface area contributed by atoms with Crippen molar-refractivity contribution in [2.75, 3.05) is 25.6 Å². The lowest BCUT2D eigenvalue weighted by Crippen LogP contribution is -2.30. The Labute approximate surface area is 123 Å². The molecule has 0 aromatic heterocycles. The number of esters is 1. The number of fused-ring (bicyclic) bond motifs is 1. The SMILES string of the molecule is COC(=O)c1cc(NC(=O)C(F)(F)F)cc2c1OCCCO2. The molecular formula is C13H12F3NO5. The van der Waals surface area contributed by atoms with Crippen LogP contribution in [-0.4, -0.2) is 38.4 Å². The molecule has 1 aliphatic heterocycles. The molecule has 0 aliphatic carbocycles.